The minimum Gasteiger partial charge on any atom is -0.339 e. The maximum Gasteiger partial charge on any atom is 0.246 e. The van der Waals surface area contributed by atoms with E-state index in [1.165, 1.54) is 0 Å². The first-order chi connectivity index (χ1) is 8.79. The molecule has 0 spiro atoms. The van der Waals surface area contributed by atoms with Gasteiger partial charge in [-0.3, -0.25) is 4.79 Å². The van der Waals surface area contributed by atoms with Crippen molar-refractivity contribution in [2.45, 2.75) is 19.3 Å². The van der Waals surface area contributed by atoms with Crippen molar-refractivity contribution in [2.24, 2.45) is 11.7 Å². The van der Waals surface area contributed by atoms with E-state index in [4.69, 9.17) is 5.73 Å². The molecular formula is C14H20N2OS. The number of carbonyl (C=O) groups is 1. The molecule has 1 saturated heterocycles. The average molecular weight is 264 g/mol. The van der Waals surface area contributed by atoms with Crippen LogP contribution in [-0.2, 0) is 4.79 Å². The van der Waals surface area contributed by atoms with Gasteiger partial charge < -0.3 is 10.6 Å². The molecule has 98 valence electrons. The average Bonchev–Trinajstić information content (AvgIpc) is 2.90. The Bertz CT molecular complexity index is 392. The number of likely N-dealkylation sites (tertiary alicyclic amines) is 1. The number of carbonyl (C=O) groups excluding carboxylic acids is 1. The lowest BCUT2D eigenvalue weighted by atomic mass is 9.93. The standard InChI is InChI=1S/C14H20N2OS/c15-8-5-12-6-9-16(10-7-12)14(17)4-3-13-2-1-11-18-13/h1-4,11-12H,5-10,15H2. The SMILES string of the molecule is NCCC1CCN(C(=O)C=Cc2cccs2)CC1. The van der Waals surface area contributed by atoms with Crippen LogP contribution in [0.4, 0.5) is 0 Å². The van der Waals surface area contributed by atoms with Crippen LogP contribution in [0, 0.1) is 5.92 Å². The molecule has 2 rings (SSSR count). The number of piperidine rings is 1. The highest BCUT2D eigenvalue weighted by Gasteiger charge is 2.20. The third-order valence-corrected chi connectivity index (χ3v) is 4.27. The summed E-state index contributed by atoms with van der Waals surface area (Å²) in [7, 11) is 0. The summed E-state index contributed by atoms with van der Waals surface area (Å²) < 4.78 is 0. The quantitative estimate of drug-likeness (QED) is 0.849. The molecular weight excluding hydrogens is 244 g/mol. The topological polar surface area (TPSA) is 46.3 Å². The largest absolute Gasteiger partial charge is 0.339 e. The number of hydrogen-bond acceptors (Lipinski definition) is 3. The van der Waals surface area contributed by atoms with Crippen molar-refractivity contribution < 1.29 is 4.79 Å². The molecule has 0 bridgehead atoms. The van der Waals surface area contributed by atoms with Gasteiger partial charge in [-0.2, -0.15) is 0 Å². The molecule has 1 fully saturated rings. The second-order valence-corrected chi connectivity index (χ2v) is 5.67. The van der Waals surface area contributed by atoms with E-state index in [0.29, 0.717) is 5.92 Å². The lowest BCUT2D eigenvalue weighted by molar-refractivity contribution is -0.127. The molecule has 1 aliphatic rings. The Labute approximate surface area is 112 Å². The molecule has 2 heterocycles. The number of hydrogen-bond donors (Lipinski definition) is 1. The first-order valence-corrected chi connectivity index (χ1v) is 7.38. The molecule has 0 saturated carbocycles. The lowest BCUT2D eigenvalue weighted by Gasteiger charge is -2.31. The summed E-state index contributed by atoms with van der Waals surface area (Å²) in [6, 6.07) is 4.01. The molecule has 1 amide bonds. The Morgan fingerprint density at radius 1 is 1.50 bits per heavy atom. The van der Waals surface area contributed by atoms with Crippen molar-refractivity contribution in [3.05, 3.63) is 28.5 Å². The van der Waals surface area contributed by atoms with Crippen molar-refractivity contribution in [3.63, 3.8) is 0 Å². The molecule has 1 aromatic rings. The number of amides is 1. The molecule has 4 heteroatoms. The highest BCUT2D eigenvalue weighted by molar-refractivity contribution is 7.10. The maximum atomic E-state index is 12.0. The van der Waals surface area contributed by atoms with Gasteiger partial charge in [0.1, 0.15) is 0 Å². The maximum absolute atomic E-state index is 12.0. The zero-order valence-electron chi connectivity index (χ0n) is 10.5. The van der Waals surface area contributed by atoms with Crippen molar-refractivity contribution in [1.82, 2.24) is 4.90 Å². The van der Waals surface area contributed by atoms with E-state index < -0.39 is 0 Å². The Hall–Kier alpha value is -1.13. The number of nitrogens with two attached hydrogens (primary N) is 1. The highest BCUT2D eigenvalue weighted by atomic mass is 32.1. The summed E-state index contributed by atoms with van der Waals surface area (Å²) in [6.45, 7) is 2.51. The summed E-state index contributed by atoms with van der Waals surface area (Å²) >= 11 is 1.65. The van der Waals surface area contributed by atoms with Crippen molar-refractivity contribution in [3.8, 4) is 0 Å². The van der Waals surface area contributed by atoms with E-state index in [2.05, 4.69) is 0 Å². The predicted octanol–water partition coefficient (Wildman–Crippen LogP) is 2.35. The highest BCUT2D eigenvalue weighted by Crippen LogP contribution is 2.20. The molecule has 0 aromatic carbocycles. The van der Waals surface area contributed by atoms with Crippen LogP contribution in [0.3, 0.4) is 0 Å². The third kappa shape index (κ3) is 3.68. The summed E-state index contributed by atoms with van der Waals surface area (Å²) in [5.74, 6) is 0.843. The number of thiophene rings is 1. The van der Waals surface area contributed by atoms with Gasteiger partial charge in [-0.15, -0.1) is 11.3 Å². The minimum absolute atomic E-state index is 0.134. The smallest absolute Gasteiger partial charge is 0.246 e. The van der Waals surface area contributed by atoms with Crippen molar-refractivity contribution in [1.29, 1.82) is 0 Å². The van der Waals surface area contributed by atoms with E-state index in [1.807, 2.05) is 28.5 Å². The number of nitrogens with zero attached hydrogens (tertiary/aromatic N) is 1. The van der Waals surface area contributed by atoms with Gasteiger partial charge in [0.25, 0.3) is 0 Å². The molecule has 1 aromatic heterocycles. The molecule has 18 heavy (non-hydrogen) atoms. The van der Waals surface area contributed by atoms with Crippen LogP contribution in [0.15, 0.2) is 23.6 Å². The Morgan fingerprint density at radius 3 is 2.89 bits per heavy atom. The Kier molecular flexibility index (Phi) is 4.96. The predicted molar refractivity (Wildman–Crippen MR) is 76.3 cm³/mol. The van der Waals surface area contributed by atoms with E-state index in [1.54, 1.807) is 17.4 Å². The molecule has 0 aliphatic carbocycles. The van der Waals surface area contributed by atoms with Crippen LogP contribution < -0.4 is 5.73 Å². The monoisotopic (exact) mass is 264 g/mol. The zero-order valence-corrected chi connectivity index (χ0v) is 11.4. The van der Waals surface area contributed by atoms with Gasteiger partial charge in [-0.05, 0) is 49.2 Å². The van der Waals surface area contributed by atoms with E-state index in [9.17, 15) is 4.79 Å². The Balaban J connectivity index is 1.80. The molecule has 0 radical (unpaired) electrons. The fourth-order valence-electron chi connectivity index (χ4n) is 2.32. The van der Waals surface area contributed by atoms with Gasteiger partial charge in [0, 0.05) is 24.0 Å². The van der Waals surface area contributed by atoms with Gasteiger partial charge >= 0.3 is 0 Å². The van der Waals surface area contributed by atoms with E-state index >= 15 is 0 Å². The van der Waals surface area contributed by atoms with Crippen LogP contribution in [0.2, 0.25) is 0 Å². The fraction of sp³-hybridized carbons (Fsp3) is 0.500. The van der Waals surface area contributed by atoms with Crippen LogP contribution >= 0.6 is 11.3 Å². The normalized spacial score (nSPS) is 17.5. The zero-order chi connectivity index (χ0) is 12.8. The van der Waals surface area contributed by atoms with Gasteiger partial charge in [0.2, 0.25) is 5.91 Å². The first kappa shape index (κ1) is 13.3. The van der Waals surface area contributed by atoms with Gasteiger partial charge in [0.15, 0.2) is 0 Å². The van der Waals surface area contributed by atoms with Crippen molar-refractivity contribution in [2.75, 3.05) is 19.6 Å². The Morgan fingerprint density at radius 2 is 2.28 bits per heavy atom. The summed E-state index contributed by atoms with van der Waals surface area (Å²) in [4.78, 5) is 15.0. The van der Waals surface area contributed by atoms with Gasteiger partial charge in [-0.1, -0.05) is 6.07 Å². The molecule has 2 N–H and O–H groups in total. The lowest BCUT2D eigenvalue weighted by Crippen LogP contribution is -2.37. The minimum atomic E-state index is 0.134. The molecule has 0 atom stereocenters. The van der Waals surface area contributed by atoms with E-state index in [0.717, 1.165) is 43.8 Å². The fourth-order valence-corrected chi connectivity index (χ4v) is 2.94. The summed E-state index contributed by atoms with van der Waals surface area (Å²) in [6.07, 6.45) is 6.87. The van der Waals surface area contributed by atoms with Crippen molar-refractivity contribution >= 4 is 23.3 Å². The van der Waals surface area contributed by atoms with Crippen LogP contribution in [0.25, 0.3) is 6.08 Å². The summed E-state index contributed by atoms with van der Waals surface area (Å²) in [5.41, 5.74) is 5.57. The summed E-state index contributed by atoms with van der Waals surface area (Å²) in [5, 5.41) is 2.02. The second-order valence-electron chi connectivity index (χ2n) is 4.69. The van der Waals surface area contributed by atoms with Crippen LogP contribution in [0.1, 0.15) is 24.1 Å². The third-order valence-electron chi connectivity index (χ3n) is 3.43. The molecule has 1 aliphatic heterocycles. The van der Waals surface area contributed by atoms with Gasteiger partial charge in [-0.25, -0.2) is 0 Å². The first-order valence-electron chi connectivity index (χ1n) is 6.50. The van der Waals surface area contributed by atoms with Crippen LogP contribution in [0.5, 0.6) is 0 Å². The molecule has 3 nitrogen and oxygen atoms in total. The van der Waals surface area contributed by atoms with E-state index in [-0.39, 0.29) is 5.91 Å². The second kappa shape index (κ2) is 6.71. The van der Waals surface area contributed by atoms with Gasteiger partial charge in [0.05, 0.1) is 0 Å². The molecule has 0 unspecified atom stereocenters. The van der Waals surface area contributed by atoms with Crippen LogP contribution in [-0.4, -0.2) is 30.4 Å². The number of rotatable bonds is 4.